The van der Waals surface area contributed by atoms with Gasteiger partial charge < -0.3 is 25.3 Å². The number of carbonyl (C=O) groups excluding carboxylic acids is 3. The number of primary amides is 1. The van der Waals surface area contributed by atoms with Crippen molar-refractivity contribution in [2.24, 2.45) is 5.73 Å². The lowest BCUT2D eigenvalue weighted by Gasteiger charge is -2.26. The topological polar surface area (TPSA) is 117 Å². The molecule has 8 heteroatoms. The summed E-state index contributed by atoms with van der Waals surface area (Å²) in [4.78, 5) is 34.0. The predicted octanol–water partition coefficient (Wildman–Crippen LogP) is 3.68. The van der Waals surface area contributed by atoms with Gasteiger partial charge in [0.2, 0.25) is 0 Å². The summed E-state index contributed by atoms with van der Waals surface area (Å²) in [5.74, 6) is 0.237. The Labute approximate surface area is 181 Å². The molecule has 2 amide bonds. The Morgan fingerprint density at radius 2 is 1.42 bits per heavy atom. The van der Waals surface area contributed by atoms with Crippen LogP contribution in [0.5, 0.6) is 11.5 Å². The number of carbonyl (C=O) groups is 3. The van der Waals surface area contributed by atoms with Gasteiger partial charge in [-0.2, -0.15) is 0 Å². The Morgan fingerprint density at radius 1 is 0.935 bits per heavy atom. The van der Waals surface area contributed by atoms with Crippen LogP contribution in [0.15, 0.2) is 60.7 Å². The third-order valence-corrected chi connectivity index (χ3v) is 4.53. The summed E-state index contributed by atoms with van der Waals surface area (Å²) in [7, 11) is 0. The van der Waals surface area contributed by atoms with Gasteiger partial charge in [-0.25, -0.2) is 14.4 Å². The first kappa shape index (κ1) is 23.5. The Bertz CT molecular complexity index is 949. The summed E-state index contributed by atoms with van der Waals surface area (Å²) < 4.78 is 15.0. The van der Waals surface area contributed by atoms with Crippen LogP contribution < -0.4 is 20.5 Å². The second-order valence-corrected chi connectivity index (χ2v) is 7.33. The minimum atomic E-state index is -0.862. The fourth-order valence-corrected chi connectivity index (χ4v) is 2.73. The highest BCUT2D eigenvalue weighted by Crippen LogP contribution is 2.33. The van der Waals surface area contributed by atoms with Gasteiger partial charge in [-0.1, -0.05) is 44.7 Å². The van der Waals surface area contributed by atoms with E-state index in [9.17, 15) is 14.4 Å². The van der Waals surface area contributed by atoms with Crippen LogP contribution in [-0.2, 0) is 14.9 Å². The molecule has 0 bridgehead atoms. The van der Waals surface area contributed by atoms with Crippen molar-refractivity contribution < 1.29 is 28.6 Å². The maximum Gasteiger partial charge on any atom is 0.412 e. The maximum absolute atomic E-state index is 11.9. The molecular formula is C23H26N2O6. The normalized spacial score (nSPS) is 10.7. The fourth-order valence-electron chi connectivity index (χ4n) is 2.73. The average Bonchev–Trinajstić information content (AvgIpc) is 2.71. The molecule has 164 valence electrons. The van der Waals surface area contributed by atoms with Crippen LogP contribution in [0, 0.1) is 0 Å². The lowest BCUT2D eigenvalue weighted by Crippen LogP contribution is -2.30. The van der Waals surface area contributed by atoms with E-state index in [0.29, 0.717) is 17.1 Å². The molecule has 0 aliphatic heterocycles. The number of hydrogen-bond donors (Lipinski definition) is 2. The van der Waals surface area contributed by atoms with Crippen molar-refractivity contribution in [1.82, 2.24) is 5.32 Å². The van der Waals surface area contributed by atoms with Crippen molar-refractivity contribution in [3.63, 3.8) is 0 Å². The van der Waals surface area contributed by atoms with E-state index < -0.39 is 18.2 Å². The number of hydrogen-bond acceptors (Lipinski definition) is 6. The maximum atomic E-state index is 11.9. The summed E-state index contributed by atoms with van der Waals surface area (Å²) in [5, 5.41) is 2.50. The number of nitrogens with two attached hydrogens (primary N) is 1. The SMILES string of the molecule is C=C(C)C(=O)OCCNC(=O)Oc1ccc(C(C)(C)c2ccc(OC(N)=O)cc2)cc1. The lowest BCUT2D eigenvalue weighted by atomic mass is 9.78. The van der Waals surface area contributed by atoms with Crippen LogP contribution in [0.3, 0.4) is 0 Å². The Kier molecular flexibility index (Phi) is 7.79. The van der Waals surface area contributed by atoms with E-state index >= 15 is 0 Å². The van der Waals surface area contributed by atoms with Crippen molar-refractivity contribution in [1.29, 1.82) is 0 Å². The molecule has 0 heterocycles. The highest BCUT2D eigenvalue weighted by atomic mass is 16.6. The highest BCUT2D eigenvalue weighted by Gasteiger charge is 2.23. The molecule has 3 N–H and O–H groups in total. The molecule has 0 saturated heterocycles. The molecule has 0 fully saturated rings. The summed E-state index contributed by atoms with van der Waals surface area (Å²) in [6.07, 6.45) is -1.51. The molecule has 0 aromatic heterocycles. The van der Waals surface area contributed by atoms with Gasteiger partial charge in [0, 0.05) is 11.0 Å². The summed E-state index contributed by atoms with van der Waals surface area (Å²) in [6, 6.07) is 14.2. The van der Waals surface area contributed by atoms with Crippen molar-refractivity contribution in [2.75, 3.05) is 13.2 Å². The largest absolute Gasteiger partial charge is 0.460 e. The van der Waals surface area contributed by atoms with Gasteiger partial charge in [-0.05, 0) is 42.3 Å². The van der Waals surface area contributed by atoms with E-state index in [2.05, 4.69) is 11.9 Å². The van der Waals surface area contributed by atoms with Crippen LogP contribution in [0.4, 0.5) is 9.59 Å². The van der Waals surface area contributed by atoms with Gasteiger partial charge in [0.25, 0.3) is 0 Å². The van der Waals surface area contributed by atoms with E-state index in [1.165, 1.54) is 0 Å². The number of ether oxygens (including phenoxy) is 3. The van der Waals surface area contributed by atoms with Crippen molar-refractivity contribution >= 4 is 18.2 Å². The van der Waals surface area contributed by atoms with Crippen LogP contribution >= 0.6 is 0 Å². The van der Waals surface area contributed by atoms with E-state index in [-0.39, 0.29) is 18.6 Å². The van der Waals surface area contributed by atoms with Crippen molar-refractivity contribution in [2.45, 2.75) is 26.2 Å². The quantitative estimate of drug-likeness (QED) is 0.378. The van der Waals surface area contributed by atoms with Crippen LogP contribution in [0.25, 0.3) is 0 Å². The fraction of sp³-hybridized carbons (Fsp3) is 0.261. The first-order chi connectivity index (χ1) is 14.6. The average molecular weight is 426 g/mol. The Hall–Kier alpha value is -3.81. The van der Waals surface area contributed by atoms with Crippen LogP contribution in [0.2, 0.25) is 0 Å². The monoisotopic (exact) mass is 426 g/mol. The van der Waals surface area contributed by atoms with Gasteiger partial charge in [0.15, 0.2) is 0 Å². The van der Waals surface area contributed by atoms with E-state index in [4.69, 9.17) is 19.9 Å². The van der Waals surface area contributed by atoms with Crippen molar-refractivity contribution in [3.05, 3.63) is 71.8 Å². The number of benzene rings is 2. The molecule has 2 aromatic carbocycles. The van der Waals surface area contributed by atoms with Gasteiger partial charge in [0.05, 0.1) is 6.54 Å². The summed E-state index contributed by atoms with van der Waals surface area (Å²) in [6.45, 7) is 9.26. The third kappa shape index (κ3) is 6.88. The molecule has 0 saturated carbocycles. The van der Waals surface area contributed by atoms with E-state index in [1.54, 1.807) is 31.2 Å². The molecule has 0 aliphatic carbocycles. The molecule has 31 heavy (non-hydrogen) atoms. The Morgan fingerprint density at radius 3 is 1.87 bits per heavy atom. The van der Waals surface area contributed by atoms with Crippen LogP contribution in [0.1, 0.15) is 31.9 Å². The predicted molar refractivity (Wildman–Crippen MR) is 115 cm³/mol. The highest BCUT2D eigenvalue weighted by molar-refractivity contribution is 5.86. The number of nitrogens with one attached hydrogen (secondary N) is 1. The Balaban J connectivity index is 1.92. The third-order valence-electron chi connectivity index (χ3n) is 4.53. The summed E-state index contributed by atoms with van der Waals surface area (Å²) in [5.41, 5.74) is 6.96. The standard InChI is InChI=1S/C23H26N2O6/c1-15(2)20(26)29-14-13-25-22(28)31-19-11-7-17(8-12-19)23(3,4)16-5-9-18(10-6-16)30-21(24)27/h5-12H,1,13-14H2,2-4H3,(H2,24,27)(H,25,28). The number of amides is 2. The van der Waals surface area contributed by atoms with E-state index in [0.717, 1.165) is 11.1 Å². The number of esters is 1. The molecule has 0 radical (unpaired) electrons. The zero-order valence-electron chi connectivity index (χ0n) is 17.8. The van der Waals surface area contributed by atoms with Gasteiger partial charge in [-0.3, -0.25) is 0 Å². The molecule has 0 atom stereocenters. The summed E-state index contributed by atoms with van der Waals surface area (Å²) >= 11 is 0. The zero-order chi connectivity index (χ0) is 23.0. The van der Waals surface area contributed by atoms with Crippen LogP contribution in [-0.4, -0.2) is 31.3 Å². The van der Waals surface area contributed by atoms with Gasteiger partial charge in [-0.15, -0.1) is 0 Å². The molecular weight excluding hydrogens is 400 g/mol. The smallest absolute Gasteiger partial charge is 0.412 e. The first-order valence-electron chi connectivity index (χ1n) is 9.56. The number of rotatable bonds is 8. The molecule has 8 nitrogen and oxygen atoms in total. The first-order valence-corrected chi connectivity index (χ1v) is 9.56. The molecule has 2 rings (SSSR count). The van der Waals surface area contributed by atoms with Crippen molar-refractivity contribution in [3.8, 4) is 11.5 Å². The zero-order valence-corrected chi connectivity index (χ0v) is 17.8. The van der Waals surface area contributed by atoms with Gasteiger partial charge in [0.1, 0.15) is 18.1 Å². The minimum Gasteiger partial charge on any atom is -0.460 e. The lowest BCUT2D eigenvalue weighted by molar-refractivity contribution is -0.138. The minimum absolute atomic E-state index is 0.0250. The molecule has 0 unspecified atom stereocenters. The van der Waals surface area contributed by atoms with Gasteiger partial charge >= 0.3 is 18.2 Å². The molecule has 2 aromatic rings. The van der Waals surface area contributed by atoms with E-state index in [1.807, 2.05) is 38.1 Å². The molecule has 0 aliphatic rings. The second kappa shape index (κ2) is 10.3. The second-order valence-electron chi connectivity index (χ2n) is 7.33. The molecule has 0 spiro atoms.